The van der Waals surface area contributed by atoms with Gasteiger partial charge in [-0.25, -0.2) is 0 Å². The van der Waals surface area contributed by atoms with Gasteiger partial charge in [-0.15, -0.1) is 0 Å². The molecule has 0 saturated heterocycles. The summed E-state index contributed by atoms with van der Waals surface area (Å²) < 4.78 is 71.6. The molecule has 4 N–H and O–H groups in total. The van der Waals surface area contributed by atoms with Crippen LogP contribution in [-0.4, -0.2) is 35.9 Å². The predicted molar refractivity (Wildman–Crippen MR) is 166 cm³/mol. The number of nitrogens with one attached hydrogen (secondary N) is 2. The van der Waals surface area contributed by atoms with E-state index in [-0.39, 0.29) is 54.7 Å². The Kier molecular flexibility index (Phi) is 5.54. The van der Waals surface area contributed by atoms with Gasteiger partial charge in [0, 0.05) is 21.5 Å². The zero-order valence-corrected chi connectivity index (χ0v) is 24.2. The van der Waals surface area contributed by atoms with Crippen molar-refractivity contribution in [1.82, 2.24) is 9.97 Å². The summed E-state index contributed by atoms with van der Waals surface area (Å²) in [5.74, 6) is 0. The van der Waals surface area contributed by atoms with Gasteiger partial charge in [-0.2, -0.15) is 16.8 Å². The lowest BCUT2D eigenvalue weighted by Gasteiger charge is -2.17. The van der Waals surface area contributed by atoms with Gasteiger partial charge in [0.2, 0.25) is 0 Å². The second-order valence-corrected chi connectivity index (χ2v) is 13.2. The first kappa shape index (κ1) is 27.8. The smallest absolute Gasteiger partial charge is 0.295 e. The van der Waals surface area contributed by atoms with Gasteiger partial charge in [0.05, 0.1) is 43.6 Å². The normalized spacial score (nSPS) is 12.8. The number of aryl methyl sites for hydroxylation is 2. The Hall–Kier alpha value is -5.02. The van der Waals surface area contributed by atoms with Crippen LogP contribution in [0.25, 0.3) is 65.2 Å². The number of rotatable bonds is 2. The van der Waals surface area contributed by atoms with Crippen LogP contribution in [0.5, 0.6) is 0 Å². The average molecular weight is 631 g/mol. The first-order chi connectivity index (χ1) is 20.6. The third kappa shape index (κ3) is 3.50. The van der Waals surface area contributed by atoms with Crippen molar-refractivity contribution < 1.29 is 25.9 Å². The molecule has 14 heteroatoms. The maximum Gasteiger partial charge on any atom is 0.295 e. The summed E-state index contributed by atoms with van der Waals surface area (Å²) in [5, 5.41) is -2.25. The van der Waals surface area contributed by atoms with Crippen molar-refractivity contribution in [2.24, 2.45) is 0 Å². The molecule has 1 aromatic heterocycles. The van der Waals surface area contributed by atoms with E-state index < -0.39 is 73.3 Å². The standard InChI is InChI=1S/C30H18N2O10S2/c1-11-21-23(17-19(29(11)43(37,38)39)27(35)15-9-5-3-7-13(15)25(17)33)32-22-12(2)30(44(40,41)42)20-18(24(22)31-21)26(34)14-8-4-6-10-16(14)28(20)36/h3-10,31-32H,1-2H3,(H,37,38,39)(H,40,41,42). The fourth-order valence-electron chi connectivity index (χ4n) is 6.35. The molecule has 220 valence electrons. The molecule has 0 aliphatic carbocycles. The van der Waals surface area contributed by atoms with E-state index in [0.717, 1.165) is 0 Å². The fourth-order valence-corrected chi connectivity index (χ4v) is 8.23. The molecule has 0 atom stereocenters. The van der Waals surface area contributed by atoms with Gasteiger partial charge in [0.1, 0.15) is 9.79 Å². The Morgan fingerprint density at radius 1 is 0.477 bits per heavy atom. The highest BCUT2D eigenvalue weighted by molar-refractivity contribution is 7.86. The molecule has 0 aliphatic heterocycles. The van der Waals surface area contributed by atoms with Gasteiger partial charge in [-0.3, -0.25) is 28.3 Å². The second-order valence-electron chi connectivity index (χ2n) is 10.5. The van der Waals surface area contributed by atoms with Gasteiger partial charge >= 0.3 is 0 Å². The minimum absolute atomic E-state index is 0.0388. The molecule has 6 aromatic carbocycles. The lowest BCUT2D eigenvalue weighted by atomic mass is 9.96. The number of H-pyrrole nitrogens is 2. The molecule has 0 spiro atoms. The zero-order chi connectivity index (χ0) is 31.6. The van der Waals surface area contributed by atoms with Gasteiger partial charge in [-0.05, 0) is 25.0 Å². The predicted octanol–water partition coefficient (Wildman–Crippen LogP) is 3.25. The highest BCUT2D eigenvalue weighted by Crippen LogP contribution is 2.37. The molecule has 0 amide bonds. The summed E-state index contributed by atoms with van der Waals surface area (Å²) >= 11 is 0. The van der Waals surface area contributed by atoms with E-state index in [1.165, 1.54) is 62.4 Å². The second kappa shape index (κ2) is 8.76. The SMILES string of the molecule is Cc1c(S(=O)(=O)O)c2c(=O)c3ccccc3c(=O)c2c2[nH]c3c(C)c(S(=O)(=O)O)c4c(=O)c5ccccc5c(=O)c4c3[nH]c12. The monoisotopic (exact) mass is 630 g/mol. The third-order valence-corrected chi connectivity index (χ3v) is 10.2. The molecule has 0 bridgehead atoms. The van der Waals surface area contributed by atoms with Gasteiger partial charge in [-0.1, -0.05) is 48.5 Å². The summed E-state index contributed by atoms with van der Waals surface area (Å²) in [4.78, 5) is 59.3. The molecule has 7 rings (SSSR count). The van der Waals surface area contributed by atoms with Crippen LogP contribution in [-0.2, 0) is 20.2 Å². The van der Waals surface area contributed by atoms with Crippen molar-refractivity contribution in [2.75, 3.05) is 0 Å². The first-order valence-corrected chi connectivity index (χ1v) is 15.8. The van der Waals surface area contributed by atoms with Crippen LogP contribution < -0.4 is 21.7 Å². The minimum atomic E-state index is -5.13. The lowest BCUT2D eigenvalue weighted by molar-refractivity contribution is 0.481. The number of hydrogen-bond acceptors (Lipinski definition) is 8. The summed E-state index contributed by atoms with van der Waals surface area (Å²) in [5.41, 5.74) is -4.12. The average Bonchev–Trinajstić information content (AvgIpc) is 2.96. The molecular formula is C30H18N2O10S2. The maximum atomic E-state index is 13.9. The summed E-state index contributed by atoms with van der Waals surface area (Å²) in [7, 11) is -10.3. The van der Waals surface area contributed by atoms with Gasteiger partial charge in [0.15, 0.2) is 21.7 Å². The largest absolute Gasteiger partial charge is 0.351 e. The Morgan fingerprint density at radius 3 is 1.02 bits per heavy atom. The highest BCUT2D eigenvalue weighted by Gasteiger charge is 2.30. The van der Waals surface area contributed by atoms with Crippen molar-refractivity contribution in [3.8, 4) is 0 Å². The van der Waals surface area contributed by atoms with Gasteiger partial charge < -0.3 is 9.97 Å². The van der Waals surface area contributed by atoms with Crippen LogP contribution in [0.2, 0.25) is 0 Å². The number of aromatic amines is 2. The Balaban J connectivity index is 1.91. The van der Waals surface area contributed by atoms with Crippen LogP contribution >= 0.6 is 0 Å². The summed E-state index contributed by atoms with van der Waals surface area (Å²) in [6.07, 6.45) is 0. The number of benzene rings is 6. The Bertz CT molecular complexity index is 2780. The molecule has 0 saturated carbocycles. The number of fused-ring (bicyclic) bond motifs is 8. The molecule has 1 heterocycles. The minimum Gasteiger partial charge on any atom is -0.351 e. The van der Waals surface area contributed by atoms with E-state index in [1.54, 1.807) is 0 Å². The Morgan fingerprint density at radius 2 is 0.750 bits per heavy atom. The lowest BCUT2D eigenvalue weighted by Crippen LogP contribution is -2.20. The first-order valence-electron chi connectivity index (χ1n) is 12.9. The van der Waals surface area contributed by atoms with E-state index in [4.69, 9.17) is 0 Å². The molecule has 7 aromatic rings. The van der Waals surface area contributed by atoms with E-state index in [1.807, 2.05) is 0 Å². The van der Waals surface area contributed by atoms with Gasteiger partial charge in [0.25, 0.3) is 20.2 Å². The Labute approximate surface area is 245 Å². The van der Waals surface area contributed by atoms with Crippen LogP contribution in [0.4, 0.5) is 0 Å². The number of hydrogen-bond donors (Lipinski definition) is 4. The summed E-state index contributed by atoms with van der Waals surface area (Å²) in [6.45, 7) is 2.54. The van der Waals surface area contributed by atoms with Crippen molar-refractivity contribution in [1.29, 1.82) is 0 Å². The molecule has 0 radical (unpaired) electrons. The maximum absolute atomic E-state index is 13.9. The summed E-state index contributed by atoms with van der Waals surface area (Å²) in [6, 6.07) is 11.4. The van der Waals surface area contributed by atoms with Crippen molar-refractivity contribution >= 4 is 85.4 Å². The molecule has 0 aliphatic rings. The zero-order valence-electron chi connectivity index (χ0n) is 22.6. The molecule has 0 fully saturated rings. The highest BCUT2D eigenvalue weighted by atomic mass is 32.2. The van der Waals surface area contributed by atoms with Crippen LogP contribution in [0, 0.1) is 13.8 Å². The number of aromatic nitrogens is 2. The van der Waals surface area contributed by atoms with E-state index in [9.17, 15) is 45.1 Å². The van der Waals surface area contributed by atoms with Crippen LogP contribution in [0.1, 0.15) is 11.1 Å². The van der Waals surface area contributed by atoms with E-state index >= 15 is 0 Å². The van der Waals surface area contributed by atoms with E-state index in [0.29, 0.717) is 0 Å². The van der Waals surface area contributed by atoms with Crippen LogP contribution in [0.3, 0.4) is 0 Å². The molecule has 12 nitrogen and oxygen atoms in total. The fraction of sp³-hybridized carbons (Fsp3) is 0.0667. The van der Waals surface area contributed by atoms with Crippen molar-refractivity contribution in [2.45, 2.75) is 23.6 Å². The molecule has 44 heavy (non-hydrogen) atoms. The van der Waals surface area contributed by atoms with Crippen LogP contribution in [0.15, 0.2) is 77.5 Å². The van der Waals surface area contributed by atoms with E-state index in [2.05, 4.69) is 9.97 Å². The third-order valence-electron chi connectivity index (χ3n) is 8.14. The van der Waals surface area contributed by atoms with Crippen molar-refractivity contribution in [3.05, 3.63) is 101 Å². The molecular weight excluding hydrogens is 612 g/mol. The quantitative estimate of drug-likeness (QED) is 0.124. The van der Waals surface area contributed by atoms with Crippen molar-refractivity contribution in [3.63, 3.8) is 0 Å². The topological polar surface area (TPSA) is 209 Å². The molecule has 0 unspecified atom stereocenters.